The molecule has 0 aromatic carbocycles. The summed E-state index contributed by atoms with van der Waals surface area (Å²) >= 11 is 0. The molecule has 0 aromatic heterocycles. The van der Waals surface area contributed by atoms with Crippen LogP contribution >= 0.6 is 0 Å². The summed E-state index contributed by atoms with van der Waals surface area (Å²) in [4.78, 5) is 49.3. The first-order valence-electron chi connectivity index (χ1n) is 21.6. The van der Waals surface area contributed by atoms with E-state index >= 15 is 0 Å². The van der Waals surface area contributed by atoms with E-state index in [-0.39, 0.29) is 26.1 Å². The summed E-state index contributed by atoms with van der Waals surface area (Å²) < 4.78 is 21.4. The van der Waals surface area contributed by atoms with Gasteiger partial charge in [0.1, 0.15) is 25.4 Å². The van der Waals surface area contributed by atoms with Gasteiger partial charge in [-0.25, -0.2) is 4.79 Å². The first kappa shape index (κ1) is 51.6. The van der Waals surface area contributed by atoms with Crippen LogP contribution in [-0.2, 0) is 33.3 Å². The van der Waals surface area contributed by atoms with Crippen molar-refractivity contribution in [1.29, 1.82) is 0 Å². The van der Waals surface area contributed by atoms with Crippen molar-refractivity contribution in [3.05, 3.63) is 48.6 Å². The zero-order valence-corrected chi connectivity index (χ0v) is 35.6. The number of unbranched alkanes of at least 4 members (excludes halogenated alkanes) is 16. The maximum atomic E-state index is 12.5. The molecule has 0 heterocycles. The lowest BCUT2D eigenvalue weighted by Gasteiger charge is -2.20. The molecule has 0 bridgehead atoms. The highest BCUT2D eigenvalue weighted by Gasteiger charge is 2.21. The average Bonchev–Trinajstić information content (AvgIpc) is 3.14. The second-order valence-corrected chi connectivity index (χ2v) is 15.3. The van der Waals surface area contributed by atoms with Crippen molar-refractivity contribution in [1.82, 2.24) is 5.32 Å². The number of alkyl carbamates (subject to hydrolysis) is 1. The number of hydrogen-bond donors (Lipinski definition) is 1. The molecule has 0 aliphatic rings. The van der Waals surface area contributed by atoms with Gasteiger partial charge >= 0.3 is 24.0 Å². The maximum absolute atomic E-state index is 12.5. The van der Waals surface area contributed by atoms with Gasteiger partial charge in [-0.3, -0.25) is 14.4 Å². The third-order valence-electron chi connectivity index (χ3n) is 8.60. The number of esters is 3. The van der Waals surface area contributed by atoms with Gasteiger partial charge in [-0.05, 0) is 97.8 Å². The molecule has 0 radical (unpaired) electrons. The topological polar surface area (TPSA) is 117 Å². The van der Waals surface area contributed by atoms with E-state index in [0.717, 1.165) is 77.0 Å². The van der Waals surface area contributed by atoms with Crippen LogP contribution in [0, 0.1) is 0 Å². The molecule has 1 unspecified atom stereocenters. The highest BCUT2D eigenvalue weighted by Crippen LogP contribution is 2.12. The third kappa shape index (κ3) is 40.1. The van der Waals surface area contributed by atoms with Gasteiger partial charge in [0.05, 0.1) is 0 Å². The van der Waals surface area contributed by atoms with Crippen LogP contribution in [0.25, 0.3) is 0 Å². The molecule has 0 rings (SSSR count). The Hall–Kier alpha value is -3.36. The lowest BCUT2D eigenvalue weighted by molar-refractivity contribution is -0.166. The van der Waals surface area contributed by atoms with Crippen LogP contribution in [0.2, 0.25) is 0 Å². The Bertz CT molecular complexity index is 1030. The van der Waals surface area contributed by atoms with Crippen molar-refractivity contribution >= 4 is 24.0 Å². The van der Waals surface area contributed by atoms with E-state index in [2.05, 4.69) is 67.8 Å². The minimum Gasteiger partial charge on any atom is -0.462 e. The summed E-state index contributed by atoms with van der Waals surface area (Å²) in [5, 5.41) is 2.35. The Balaban J connectivity index is 4.40. The molecule has 316 valence electrons. The molecule has 0 fully saturated rings. The maximum Gasteiger partial charge on any atom is 0.408 e. The van der Waals surface area contributed by atoms with Gasteiger partial charge in [-0.15, -0.1) is 0 Å². The average molecular weight is 774 g/mol. The fourth-order valence-corrected chi connectivity index (χ4v) is 5.48. The molecule has 0 aliphatic heterocycles. The zero-order valence-electron chi connectivity index (χ0n) is 35.6. The smallest absolute Gasteiger partial charge is 0.408 e. The summed E-state index contributed by atoms with van der Waals surface area (Å²) in [5.74, 6) is -1.55. The summed E-state index contributed by atoms with van der Waals surface area (Å²) in [7, 11) is 0. The van der Waals surface area contributed by atoms with Gasteiger partial charge in [0.25, 0.3) is 0 Å². The summed E-state index contributed by atoms with van der Waals surface area (Å²) in [6, 6.07) is 0. The van der Waals surface area contributed by atoms with E-state index in [1.54, 1.807) is 20.8 Å². The highest BCUT2D eigenvalue weighted by atomic mass is 16.6. The molecule has 55 heavy (non-hydrogen) atoms. The molecule has 9 nitrogen and oxygen atoms in total. The first-order chi connectivity index (χ1) is 26.6. The minimum absolute atomic E-state index is 0.242. The molecule has 1 N–H and O–H groups in total. The molecule has 0 spiro atoms. The predicted molar refractivity (Wildman–Crippen MR) is 225 cm³/mol. The molecular weight excluding hydrogens is 695 g/mol. The van der Waals surface area contributed by atoms with E-state index in [9.17, 15) is 19.2 Å². The second-order valence-electron chi connectivity index (χ2n) is 15.3. The Morgan fingerprint density at radius 3 is 1.29 bits per heavy atom. The molecule has 1 atom stereocenters. The molecule has 0 aromatic rings. The normalized spacial score (nSPS) is 12.5. The van der Waals surface area contributed by atoms with Crippen LogP contribution in [0.5, 0.6) is 0 Å². The van der Waals surface area contributed by atoms with Gasteiger partial charge in [0.15, 0.2) is 6.10 Å². The Kier molecular flexibility index (Phi) is 35.3. The number of amides is 1. The van der Waals surface area contributed by atoms with Crippen LogP contribution in [0.3, 0.4) is 0 Å². The monoisotopic (exact) mass is 774 g/mol. The van der Waals surface area contributed by atoms with Crippen molar-refractivity contribution in [2.45, 2.75) is 200 Å². The van der Waals surface area contributed by atoms with Crippen LogP contribution in [0.4, 0.5) is 4.79 Å². The van der Waals surface area contributed by atoms with Crippen molar-refractivity contribution in [3.63, 3.8) is 0 Å². The van der Waals surface area contributed by atoms with E-state index in [1.807, 2.05) is 0 Å². The van der Waals surface area contributed by atoms with Crippen molar-refractivity contribution in [2.75, 3.05) is 19.8 Å². The first-order valence-corrected chi connectivity index (χ1v) is 21.6. The van der Waals surface area contributed by atoms with E-state index in [4.69, 9.17) is 18.9 Å². The van der Waals surface area contributed by atoms with E-state index < -0.39 is 42.3 Å². The fourth-order valence-electron chi connectivity index (χ4n) is 5.48. The van der Waals surface area contributed by atoms with Gasteiger partial charge in [-0.1, -0.05) is 127 Å². The zero-order chi connectivity index (χ0) is 40.7. The van der Waals surface area contributed by atoms with E-state index in [1.165, 1.54) is 51.4 Å². The second kappa shape index (κ2) is 37.6. The number of rotatable bonds is 35. The van der Waals surface area contributed by atoms with Gasteiger partial charge in [0, 0.05) is 12.8 Å². The Morgan fingerprint density at radius 2 is 0.891 bits per heavy atom. The van der Waals surface area contributed by atoms with Gasteiger partial charge in [0.2, 0.25) is 0 Å². The number of ether oxygens (including phenoxy) is 4. The van der Waals surface area contributed by atoms with Crippen molar-refractivity contribution in [2.24, 2.45) is 0 Å². The highest BCUT2D eigenvalue weighted by molar-refractivity contribution is 5.78. The molecule has 0 aliphatic carbocycles. The van der Waals surface area contributed by atoms with Crippen LogP contribution in [0.15, 0.2) is 48.6 Å². The number of carbonyl (C=O) groups excluding carboxylic acids is 4. The van der Waals surface area contributed by atoms with Crippen molar-refractivity contribution in [3.8, 4) is 0 Å². The van der Waals surface area contributed by atoms with Crippen LogP contribution in [0.1, 0.15) is 189 Å². The lowest BCUT2D eigenvalue weighted by Crippen LogP contribution is -2.38. The summed E-state index contributed by atoms with van der Waals surface area (Å²) in [6.45, 7) is 8.67. The molecule has 0 saturated heterocycles. The Labute approximate surface area is 335 Å². The standard InChI is InChI=1S/C46H79NO8/c1-6-8-10-12-14-16-18-20-22-24-26-28-30-32-34-36-42(48)52-39-41(54-44(50)38-47-45(51)55-46(3,4)5)40-53-43(49)37-35-33-31-29-27-25-23-21-19-17-15-13-11-9-7-2/h14-17,20-23,41H,6-13,18-19,24-40H2,1-5H3,(H,47,51)/b16-14-,17-15?,22-20-,23-21?. The Morgan fingerprint density at radius 1 is 0.509 bits per heavy atom. The number of hydrogen-bond acceptors (Lipinski definition) is 8. The van der Waals surface area contributed by atoms with Crippen molar-refractivity contribution < 1.29 is 38.1 Å². The quantitative estimate of drug-likeness (QED) is 0.0293. The van der Waals surface area contributed by atoms with Crippen LogP contribution < -0.4 is 5.32 Å². The molecule has 0 saturated carbocycles. The SMILES string of the molecule is CCCCCC=CCC=CCCCCCCCC(=O)OCC(COC(=O)CCCCCCC/C=C\C/C=C\CCCCC)OC(=O)CNC(=O)OC(C)(C)C. The fraction of sp³-hybridized carbons (Fsp3) is 0.739. The predicted octanol–water partition coefficient (Wildman–Crippen LogP) is 12.1. The lowest BCUT2D eigenvalue weighted by atomic mass is 10.1. The summed E-state index contributed by atoms with van der Waals surface area (Å²) in [6.07, 6.45) is 40.8. The number of carbonyl (C=O) groups is 4. The van der Waals surface area contributed by atoms with Gasteiger partial charge in [-0.2, -0.15) is 0 Å². The van der Waals surface area contributed by atoms with E-state index in [0.29, 0.717) is 12.8 Å². The molecular formula is C46H79NO8. The number of allylic oxidation sites excluding steroid dienone is 8. The molecule has 9 heteroatoms. The number of nitrogens with one attached hydrogen (secondary N) is 1. The minimum atomic E-state index is -0.991. The van der Waals surface area contributed by atoms with Crippen LogP contribution in [-0.4, -0.2) is 55.5 Å². The third-order valence-corrected chi connectivity index (χ3v) is 8.60. The summed E-state index contributed by atoms with van der Waals surface area (Å²) in [5.41, 5.74) is -0.719. The largest absolute Gasteiger partial charge is 0.462 e. The molecule has 1 amide bonds. The van der Waals surface area contributed by atoms with Gasteiger partial charge < -0.3 is 24.3 Å².